The SMILES string of the molecule is C=CC[C@H]1C=C[C@H](C#C[Si](C)(C)C)N(Cc2ccccc2)[C@@H]1C. The predicted octanol–water partition coefficient (Wildman–Crippen LogP) is 4.89. The van der Waals surface area contributed by atoms with Gasteiger partial charge in [-0.2, -0.15) is 0 Å². The van der Waals surface area contributed by atoms with Gasteiger partial charge in [-0.1, -0.05) is 74.1 Å². The van der Waals surface area contributed by atoms with E-state index >= 15 is 0 Å². The van der Waals surface area contributed by atoms with E-state index in [1.54, 1.807) is 0 Å². The fourth-order valence-corrected chi connectivity index (χ4v) is 3.53. The maximum Gasteiger partial charge on any atom is 0.129 e. The van der Waals surface area contributed by atoms with Gasteiger partial charge in [0.1, 0.15) is 8.07 Å². The maximum absolute atomic E-state index is 3.91. The van der Waals surface area contributed by atoms with Crippen molar-refractivity contribution < 1.29 is 0 Å². The van der Waals surface area contributed by atoms with E-state index in [1.807, 2.05) is 6.08 Å². The molecule has 0 saturated carbocycles. The highest BCUT2D eigenvalue weighted by molar-refractivity contribution is 6.83. The molecule has 0 N–H and O–H groups in total. The summed E-state index contributed by atoms with van der Waals surface area (Å²) in [6.45, 7) is 14.1. The van der Waals surface area contributed by atoms with E-state index in [0.717, 1.165) is 13.0 Å². The minimum atomic E-state index is -1.35. The largest absolute Gasteiger partial charge is 0.279 e. The molecule has 23 heavy (non-hydrogen) atoms. The standard InChI is InChI=1S/C21H29NSi/c1-6-10-20-13-14-21(15-16-23(3,4)5)22(18(20)2)17-19-11-8-7-9-12-19/h6-9,11-14,18,20-21H,1,10,17H2,2-5H3/t18-,20+,21-/m1/s1. The molecule has 1 aromatic rings. The zero-order valence-electron chi connectivity index (χ0n) is 14.9. The second kappa shape index (κ2) is 7.81. The molecular weight excluding hydrogens is 294 g/mol. The zero-order chi connectivity index (χ0) is 16.9. The molecule has 0 aliphatic carbocycles. The molecule has 1 aliphatic heterocycles. The number of hydrogen-bond acceptors (Lipinski definition) is 1. The summed E-state index contributed by atoms with van der Waals surface area (Å²) < 4.78 is 0. The quantitative estimate of drug-likeness (QED) is 0.433. The molecule has 0 fully saturated rings. The van der Waals surface area contributed by atoms with Crippen molar-refractivity contribution in [1.29, 1.82) is 0 Å². The molecule has 122 valence electrons. The molecule has 0 radical (unpaired) electrons. The Hall–Kier alpha value is -1.56. The Kier molecular flexibility index (Phi) is 6.04. The van der Waals surface area contributed by atoms with Crippen molar-refractivity contribution in [1.82, 2.24) is 4.90 Å². The molecule has 0 spiro atoms. The Morgan fingerprint density at radius 3 is 2.48 bits per heavy atom. The zero-order valence-corrected chi connectivity index (χ0v) is 15.9. The minimum Gasteiger partial charge on any atom is -0.279 e. The third kappa shape index (κ3) is 5.23. The molecule has 0 bridgehead atoms. The molecule has 0 amide bonds. The van der Waals surface area contributed by atoms with E-state index in [4.69, 9.17) is 0 Å². The smallest absolute Gasteiger partial charge is 0.129 e. The van der Waals surface area contributed by atoms with Crippen LogP contribution in [0.2, 0.25) is 19.6 Å². The van der Waals surface area contributed by atoms with Gasteiger partial charge in [0.2, 0.25) is 0 Å². The fourth-order valence-electron chi connectivity index (χ4n) is 2.94. The van der Waals surface area contributed by atoms with Crippen LogP contribution < -0.4 is 0 Å². The van der Waals surface area contributed by atoms with Crippen molar-refractivity contribution in [2.45, 2.75) is 51.6 Å². The number of benzene rings is 1. The Labute approximate surface area is 143 Å². The number of allylic oxidation sites excluding steroid dienone is 1. The summed E-state index contributed by atoms with van der Waals surface area (Å²) in [4.78, 5) is 2.54. The minimum absolute atomic E-state index is 0.220. The first-order chi connectivity index (χ1) is 10.9. The van der Waals surface area contributed by atoms with Crippen LogP contribution in [0.4, 0.5) is 0 Å². The summed E-state index contributed by atoms with van der Waals surface area (Å²) >= 11 is 0. The van der Waals surface area contributed by atoms with Crippen molar-refractivity contribution in [3.8, 4) is 11.5 Å². The number of nitrogens with zero attached hydrogens (tertiary/aromatic N) is 1. The van der Waals surface area contributed by atoms with Gasteiger partial charge >= 0.3 is 0 Å². The van der Waals surface area contributed by atoms with Crippen molar-refractivity contribution >= 4 is 8.07 Å². The van der Waals surface area contributed by atoms with Gasteiger partial charge in [0, 0.05) is 12.6 Å². The number of rotatable bonds is 4. The molecule has 0 aromatic heterocycles. The first kappa shape index (κ1) is 17.8. The highest BCUT2D eigenvalue weighted by Gasteiger charge is 2.29. The number of hydrogen-bond donors (Lipinski definition) is 0. The summed E-state index contributed by atoms with van der Waals surface area (Å²) in [6, 6.07) is 11.4. The average Bonchev–Trinajstić information content (AvgIpc) is 2.50. The van der Waals surface area contributed by atoms with Crippen LogP contribution in [0, 0.1) is 17.4 Å². The van der Waals surface area contributed by atoms with E-state index < -0.39 is 8.07 Å². The monoisotopic (exact) mass is 323 g/mol. The summed E-state index contributed by atoms with van der Waals surface area (Å²) in [5.74, 6) is 4.08. The van der Waals surface area contributed by atoms with Crippen molar-refractivity contribution in [3.63, 3.8) is 0 Å². The molecule has 3 atom stereocenters. The third-order valence-electron chi connectivity index (χ3n) is 4.28. The van der Waals surface area contributed by atoms with Crippen LogP contribution in [0.15, 0.2) is 55.1 Å². The highest BCUT2D eigenvalue weighted by Crippen LogP contribution is 2.27. The lowest BCUT2D eigenvalue weighted by Gasteiger charge is -2.39. The van der Waals surface area contributed by atoms with Crippen LogP contribution in [-0.2, 0) is 6.54 Å². The molecule has 0 unspecified atom stereocenters. The normalized spacial score (nSPS) is 24.8. The molecule has 0 saturated heterocycles. The summed E-state index contributed by atoms with van der Waals surface area (Å²) in [6.07, 6.45) is 7.69. The van der Waals surface area contributed by atoms with Crippen LogP contribution in [0.25, 0.3) is 0 Å². The average molecular weight is 324 g/mol. The maximum atomic E-state index is 3.91. The summed E-state index contributed by atoms with van der Waals surface area (Å²) in [7, 11) is -1.35. The van der Waals surface area contributed by atoms with E-state index in [2.05, 4.69) is 92.0 Å². The fraction of sp³-hybridized carbons (Fsp3) is 0.429. The Balaban J connectivity index is 2.27. The van der Waals surface area contributed by atoms with Gasteiger partial charge in [-0.25, -0.2) is 0 Å². The van der Waals surface area contributed by atoms with Crippen molar-refractivity contribution in [3.05, 3.63) is 60.7 Å². The van der Waals surface area contributed by atoms with Crippen LogP contribution >= 0.6 is 0 Å². The van der Waals surface area contributed by atoms with Crippen LogP contribution in [0.1, 0.15) is 18.9 Å². The molecule has 2 heteroatoms. The Morgan fingerprint density at radius 2 is 1.87 bits per heavy atom. The molecular formula is C21H29NSi. The van der Waals surface area contributed by atoms with Gasteiger partial charge in [-0.3, -0.25) is 4.90 Å². The summed E-state index contributed by atoms with van der Waals surface area (Å²) in [5.41, 5.74) is 4.90. The Bertz CT molecular complexity index is 600. The van der Waals surface area contributed by atoms with Crippen LogP contribution in [0.3, 0.4) is 0 Å². The van der Waals surface area contributed by atoms with E-state index in [1.165, 1.54) is 5.56 Å². The first-order valence-corrected chi connectivity index (χ1v) is 12.0. The third-order valence-corrected chi connectivity index (χ3v) is 5.18. The lowest BCUT2D eigenvalue weighted by Crippen LogP contribution is -2.46. The van der Waals surface area contributed by atoms with Gasteiger partial charge < -0.3 is 0 Å². The topological polar surface area (TPSA) is 3.24 Å². The van der Waals surface area contributed by atoms with Gasteiger partial charge in [-0.05, 0) is 24.8 Å². The molecule has 1 nitrogen and oxygen atoms in total. The van der Waals surface area contributed by atoms with Crippen LogP contribution in [0.5, 0.6) is 0 Å². The lowest BCUT2D eigenvalue weighted by molar-refractivity contribution is 0.143. The molecule has 1 heterocycles. The predicted molar refractivity (Wildman–Crippen MR) is 104 cm³/mol. The molecule has 1 aliphatic rings. The van der Waals surface area contributed by atoms with Gasteiger partial charge in [-0.15, -0.1) is 12.1 Å². The lowest BCUT2D eigenvalue weighted by atomic mass is 9.89. The first-order valence-electron chi connectivity index (χ1n) is 8.52. The Morgan fingerprint density at radius 1 is 1.17 bits per heavy atom. The summed E-state index contributed by atoms with van der Waals surface area (Å²) in [5, 5.41) is 0. The molecule has 2 rings (SSSR count). The molecule has 1 aromatic carbocycles. The van der Waals surface area contributed by atoms with Gasteiger partial charge in [0.05, 0.1) is 6.04 Å². The van der Waals surface area contributed by atoms with Gasteiger partial charge in [0.15, 0.2) is 0 Å². The highest BCUT2D eigenvalue weighted by atomic mass is 28.3. The van der Waals surface area contributed by atoms with Crippen LogP contribution in [-0.4, -0.2) is 25.1 Å². The van der Waals surface area contributed by atoms with Crippen molar-refractivity contribution in [2.75, 3.05) is 0 Å². The van der Waals surface area contributed by atoms with E-state index in [0.29, 0.717) is 12.0 Å². The van der Waals surface area contributed by atoms with Crippen molar-refractivity contribution in [2.24, 2.45) is 5.92 Å². The van der Waals surface area contributed by atoms with E-state index in [-0.39, 0.29) is 6.04 Å². The van der Waals surface area contributed by atoms with Gasteiger partial charge in [0.25, 0.3) is 0 Å². The van der Waals surface area contributed by atoms with E-state index in [9.17, 15) is 0 Å². The second-order valence-electron chi connectivity index (χ2n) is 7.44. The second-order valence-corrected chi connectivity index (χ2v) is 12.2.